The number of ether oxygens (including phenoxy) is 1. The van der Waals surface area contributed by atoms with Crippen molar-refractivity contribution in [2.75, 3.05) is 11.9 Å². The Morgan fingerprint density at radius 3 is 2.69 bits per heavy atom. The maximum absolute atomic E-state index is 12.3. The zero-order valence-corrected chi connectivity index (χ0v) is 15.6. The number of aromatic nitrogens is 1. The topological polar surface area (TPSA) is 144 Å². The lowest BCUT2D eigenvalue weighted by molar-refractivity contribution is -0.274. The fourth-order valence-corrected chi connectivity index (χ4v) is 3.12. The summed E-state index contributed by atoms with van der Waals surface area (Å²) in [6.45, 7) is 0.123. The van der Waals surface area contributed by atoms with Crippen LogP contribution in [0.15, 0.2) is 18.2 Å². The summed E-state index contributed by atoms with van der Waals surface area (Å²) in [7, 11) is 0. The Morgan fingerprint density at radius 1 is 1.31 bits per heavy atom. The summed E-state index contributed by atoms with van der Waals surface area (Å²) in [5, 5.41) is 13.7. The lowest BCUT2D eigenvalue weighted by Crippen LogP contribution is -2.42. The number of fused-ring (bicyclic) bond motifs is 1. The van der Waals surface area contributed by atoms with E-state index in [1.807, 2.05) is 0 Å². The van der Waals surface area contributed by atoms with Gasteiger partial charge in [0.05, 0.1) is 22.7 Å². The van der Waals surface area contributed by atoms with E-state index in [9.17, 15) is 27.6 Å². The van der Waals surface area contributed by atoms with Gasteiger partial charge in [0.1, 0.15) is 5.75 Å². The minimum atomic E-state index is -4.80. The van der Waals surface area contributed by atoms with E-state index < -0.39 is 36.6 Å². The smallest absolute Gasteiger partial charge is 0.481 e. The Labute approximate surface area is 166 Å². The molecule has 0 saturated carbocycles. The second-order valence-electron chi connectivity index (χ2n) is 5.84. The number of rotatable bonds is 9. The first-order valence-corrected chi connectivity index (χ1v) is 9.06. The molecule has 1 heterocycles. The Hall–Kier alpha value is -2.93. The number of hydrogen-bond donors (Lipinski definition) is 4. The molecule has 0 aliphatic heterocycles. The van der Waals surface area contributed by atoms with Crippen LogP contribution in [0.2, 0.25) is 0 Å². The Kier molecular flexibility index (Phi) is 7.34. The third kappa shape index (κ3) is 7.54. The van der Waals surface area contributed by atoms with E-state index in [2.05, 4.69) is 20.4 Å². The van der Waals surface area contributed by atoms with Gasteiger partial charge in [0.15, 0.2) is 5.13 Å². The number of nitrogens with one attached hydrogen (secondary N) is 2. The Morgan fingerprint density at radius 2 is 2.03 bits per heavy atom. The van der Waals surface area contributed by atoms with Crippen molar-refractivity contribution in [3.05, 3.63) is 18.2 Å². The molecule has 1 unspecified atom stereocenters. The van der Waals surface area contributed by atoms with E-state index in [1.54, 1.807) is 0 Å². The number of benzene rings is 1. The molecule has 158 valence electrons. The van der Waals surface area contributed by atoms with Crippen molar-refractivity contribution in [3.8, 4) is 5.75 Å². The molecule has 0 aliphatic rings. The van der Waals surface area contributed by atoms with Gasteiger partial charge in [-0.3, -0.25) is 14.4 Å². The highest BCUT2D eigenvalue weighted by Gasteiger charge is 2.31. The summed E-state index contributed by atoms with van der Waals surface area (Å²) in [6.07, 6.45) is -5.00. The minimum absolute atomic E-state index is 0.0345. The molecule has 2 amide bonds. The van der Waals surface area contributed by atoms with Gasteiger partial charge in [-0.05, 0) is 18.6 Å². The number of aliphatic carboxylic acids is 1. The van der Waals surface area contributed by atoms with Crippen LogP contribution in [0, 0.1) is 0 Å². The molecule has 2 rings (SSSR count). The van der Waals surface area contributed by atoms with Crippen LogP contribution in [0.5, 0.6) is 5.75 Å². The predicted octanol–water partition coefficient (Wildman–Crippen LogP) is 1.83. The normalized spacial score (nSPS) is 12.4. The quantitative estimate of drug-likeness (QED) is 0.441. The van der Waals surface area contributed by atoms with Crippen LogP contribution >= 0.6 is 11.3 Å². The molecule has 1 atom stereocenters. The van der Waals surface area contributed by atoms with Crippen LogP contribution in [0.1, 0.15) is 19.3 Å². The summed E-state index contributed by atoms with van der Waals surface area (Å²) < 4.78 is 41.0. The van der Waals surface area contributed by atoms with E-state index >= 15 is 0 Å². The monoisotopic (exact) mass is 434 g/mol. The number of nitrogens with two attached hydrogens (primary N) is 1. The van der Waals surface area contributed by atoms with Crippen LogP contribution in [0.3, 0.4) is 0 Å². The molecule has 0 aliphatic carbocycles. The molecule has 2 aromatic rings. The number of carboxylic acid groups (broad SMARTS) is 1. The van der Waals surface area contributed by atoms with Crippen LogP contribution in [0.4, 0.5) is 18.3 Å². The molecule has 1 aromatic heterocycles. The second kappa shape index (κ2) is 9.52. The van der Waals surface area contributed by atoms with Gasteiger partial charge in [-0.2, -0.15) is 0 Å². The van der Waals surface area contributed by atoms with Gasteiger partial charge in [-0.15, -0.1) is 13.2 Å². The Bertz CT molecular complexity index is 902. The van der Waals surface area contributed by atoms with Gasteiger partial charge in [0.25, 0.3) is 0 Å². The number of carbonyl (C=O) groups is 3. The number of amides is 2. The van der Waals surface area contributed by atoms with Gasteiger partial charge in [-0.25, -0.2) is 4.98 Å². The molecule has 0 spiro atoms. The van der Waals surface area contributed by atoms with Crippen molar-refractivity contribution in [2.24, 2.45) is 5.73 Å². The van der Waals surface area contributed by atoms with Crippen molar-refractivity contribution in [3.63, 3.8) is 0 Å². The summed E-state index contributed by atoms with van der Waals surface area (Å²) in [5.74, 6) is -2.61. The molecule has 0 bridgehead atoms. The van der Waals surface area contributed by atoms with Crippen LogP contribution in [-0.2, 0) is 14.4 Å². The van der Waals surface area contributed by atoms with Crippen molar-refractivity contribution < 1.29 is 37.4 Å². The molecule has 0 radical (unpaired) electrons. The number of carboxylic acids is 1. The fraction of sp³-hybridized carbons (Fsp3) is 0.375. The largest absolute Gasteiger partial charge is 0.573 e. The van der Waals surface area contributed by atoms with Gasteiger partial charge < -0.3 is 26.2 Å². The number of nitrogens with zero attached hydrogens (tertiary/aromatic N) is 1. The number of carbonyl (C=O) groups excluding carboxylic acids is 2. The summed E-state index contributed by atoms with van der Waals surface area (Å²) >= 11 is 0.987. The van der Waals surface area contributed by atoms with Crippen molar-refractivity contribution in [1.82, 2.24) is 10.3 Å². The number of hydrogen-bond acceptors (Lipinski definition) is 7. The summed E-state index contributed by atoms with van der Waals surface area (Å²) in [5.41, 5.74) is 5.80. The third-order valence-corrected chi connectivity index (χ3v) is 4.38. The van der Waals surface area contributed by atoms with E-state index in [0.29, 0.717) is 10.2 Å². The first-order valence-electron chi connectivity index (χ1n) is 8.25. The molecular formula is C16H17F3N4O5S. The molecule has 1 aromatic carbocycles. The molecule has 13 heteroatoms. The summed E-state index contributed by atoms with van der Waals surface area (Å²) in [4.78, 5) is 38.1. The molecule has 29 heavy (non-hydrogen) atoms. The maximum atomic E-state index is 12.3. The van der Waals surface area contributed by atoms with E-state index in [1.165, 1.54) is 12.1 Å². The Balaban J connectivity index is 1.81. The van der Waals surface area contributed by atoms with Gasteiger partial charge >= 0.3 is 12.3 Å². The molecule has 0 saturated heterocycles. The first-order chi connectivity index (χ1) is 13.5. The van der Waals surface area contributed by atoms with Gasteiger partial charge in [0, 0.05) is 19.0 Å². The number of thiazole rings is 1. The average molecular weight is 434 g/mol. The van der Waals surface area contributed by atoms with Gasteiger partial charge in [-0.1, -0.05) is 11.3 Å². The molecule has 5 N–H and O–H groups in total. The average Bonchev–Trinajstić information content (AvgIpc) is 2.97. The SMILES string of the molecule is NC(CC(=O)O)C(=O)NCCCC(=O)Nc1nc2ccc(OC(F)(F)F)cc2s1. The highest BCUT2D eigenvalue weighted by Crippen LogP contribution is 2.31. The number of halogens is 3. The van der Waals surface area contributed by atoms with E-state index in [-0.39, 0.29) is 30.3 Å². The van der Waals surface area contributed by atoms with Crippen LogP contribution in [0.25, 0.3) is 10.2 Å². The van der Waals surface area contributed by atoms with Crippen molar-refractivity contribution in [1.29, 1.82) is 0 Å². The van der Waals surface area contributed by atoms with Gasteiger partial charge in [0.2, 0.25) is 11.8 Å². The number of alkyl halides is 3. The van der Waals surface area contributed by atoms with Crippen molar-refractivity contribution >= 4 is 44.5 Å². The fourth-order valence-electron chi connectivity index (χ4n) is 2.21. The van der Waals surface area contributed by atoms with E-state index in [4.69, 9.17) is 10.8 Å². The predicted molar refractivity (Wildman–Crippen MR) is 97.4 cm³/mol. The van der Waals surface area contributed by atoms with Crippen LogP contribution in [-0.4, -0.2) is 46.8 Å². The van der Waals surface area contributed by atoms with Crippen LogP contribution < -0.4 is 21.1 Å². The maximum Gasteiger partial charge on any atom is 0.573 e. The summed E-state index contributed by atoms with van der Waals surface area (Å²) in [6, 6.07) is 2.47. The molecular weight excluding hydrogens is 417 g/mol. The minimum Gasteiger partial charge on any atom is -0.481 e. The lowest BCUT2D eigenvalue weighted by Gasteiger charge is -2.09. The zero-order valence-electron chi connectivity index (χ0n) is 14.8. The van der Waals surface area contributed by atoms with Crippen molar-refractivity contribution in [2.45, 2.75) is 31.7 Å². The zero-order chi connectivity index (χ0) is 21.6. The highest BCUT2D eigenvalue weighted by molar-refractivity contribution is 7.22. The lowest BCUT2D eigenvalue weighted by atomic mass is 10.2. The molecule has 9 nitrogen and oxygen atoms in total. The first kappa shape index (κ1) is 22.4. The highest BCUT2D eigenvalue weighted by atomic mass is 32.1. The standard InChI is InChI=1S/C16H17F3N4O5S/c17-16(18,19)28-8-3-4-10-11(6-8)29-15(22-10)23-12(24)2-1-5-21-14(27)9(20)7-13(25)26/h3-4,6,9H,1-2,5,7,20H2,(H,21,27)(H,25,26)(H,22,23,24). The van der Waals surface area contributed by atoms with E-state index in [0.717, 1.165) is 17.4 Å². The molecule has 0 fully saturated rings. The second-order valence-corrected chi connectivity index (χ2v) is 6.87. The third-order valence-electron chi connectivity index (χ3n) is 3.45. The number of anilines is 1.